The van der Waals surface area contributed by atoms with Gasteiger partial charge in [-0.3, -0.25) is 0 Å². The van der Waals surface area contributed by atoms with E-state index in [2.05, 4.69) is 35.8 Å². The summed E-state index contributed by atoms with van der Waals surface area (Å²) in [6, 6.07) is 6.72. The second-order valence-corrected chi connectivity index (χ2v) is 4.13. The molecule has 2 nitrogen and oxygen atoms in total. The average molecular weight is 190 g/mol. The Balaban J connectivity index is 2.09. The van der Waals surface area contributed by atoms with Crippen LogP contribution in [-0.4, -0.2) is 20.1 Å². The zero-order chi connectivity index (χ0) is 9.97. The molecule has 0 amide bonds. The van der Waals surface area contributed by atoms with Crippen LogP contribution in [0.1, 0.15) is 11.1 Å². The molecule has 14 heavy (non-hydrogen) atoms. The van der Waals surface area contributed by atoms with Gasteiger partial charge >= 0.3 is 0 Å². The predicted octanol–water partition coefficient (Wildman–Crippen LogP) is 1.80. The standard InChI is InChI=1S/C12H18N2/c1-9-3-4-10(6-12(9)13-2)5-11-7-14-8-11/h3-4,6,11,13-14H,5,7-8H2,1-2H3. The van der Waals surface area contributed by atoms with Gasteiger partial charge in [0.05, 0.1) is 0 Å². The highest BCUT2D eigenvalue weighted by Crippen LogP contribution is 2.19. The van der Waals surface area contributed by atoms with Crippen LogP contribution >= 0.6 is 0 Å². The predicted molar refractivity (Wildman–Crippen MR) is 60.8 cm³/mol. The lowest BCUT2D eigenvalue weighted by atomic mass is 9.93. The first-order chi connectivity index (χ1) is 6.79. The maximum atomic E-state index is 3.31. The van der Waals surface area contributed by atoms with E-state index in [9.17, 15) is 0 Å². The van der Waals surface area contributed by atoms with Crippen LogP contribution in [0.2, 0.25) is 0 Å². The Kier molecular flexibility index (Phi) is 2.73. The fourth-order valence-electron chi connectivity index (χ4n) is 1.89. The second-order valence-electron chi connectivity index (χ2n) is 4.13. The van der Waals surface area contributed by atoms with E-state index in [4.69, 9.17) is 0 Å². The van der Waals surface area contributed by atoms with Crippen molar-refractivity contribution in [3.05, 3.63) is 29.3 Å². The normalized spacial score (nSPS) is 16.4. The van der Waals surface area contributed by atoms with E-state index in [1.54, 1.807) is 0 Å². The Morgan fingerprint density at radius 1 is 1.43 bits per heavy atom. The van der Waals surface area contributed by atoms with Crippen LogP contribution < -0.4 is 10.6 Å². The van der Waals surface area contributed by atoms with Gasteiger partial charge < -0.3 is 10.6 Å². The maximum Gasteiger partial charge on any atom is 0.0370 e. The third-order valence-corrected chi connectivity index (χ3v) is 2.96. The number of benzene rings is 1. The first-order valence-corrected chi connectivity index (χ1v) is 5.27. The summed E-state index contributed by atoms with van der Waals surface area (Å²) in [5.41, 5.74) is 4.03. The van der Waals surface area contributed by atoms with Gasteiger partial charge in [-0.15, -0.1) is 0 Å². The molecule has 1 fully saturated rings. The van der Waals surface area contributed by atoms with Crippen molar-refractivity contribution in [1.82, 2.24) is 5.32 Å². The molecule has 1 aromatic carbocycles. The third kappa shape index (κ3) is 1.90. The van der Waals surface area contributed by atoms with Gasteiger partial charge in [0.25, 0.3) is 0 Å². The summed E-state index contributed by atoms with van der Waals surface area (Å²) < 4.78 is 0. The van der Waals surface area contributed by atoms with Crippen LogP contribution in [0.5, 0.6) is 0 Å². The van der Waals surface area contributed by atoms with Crippen molar-refractivity contribution in [2.45, 2.75) is 13.3 Å². The molecule has 0 aromatic heterocycles. The second kappa shape index (κ2) is 4.01. The van der Waals surface area contributed by atoms with Crippen LogP contribution in [0.15, 0.2) is 18.2 Å². The molecule has 0 aliphatic carbocycles. The first kappa shape index (κ1) is 9.53. The maximum absolute atomic E-state index is 3.31. The van der Waals surface area contributed by atoms with Gasteiger partial charge in [0.1, 0.15) is 0 Å². The average Bonchev–Trinajstić information content (AvgIpc) is 2.14. The molecule has 0 saturated carbocycles. The molecular formula is C12H18N2. The van der Waals surface area contributed by atoms with Crippen molar-refractivity contribution in [3.8, 4) is 0 Å². The molecule has 0 unspecified atom stereocenters. The zero-order valence-electron chi connectivity index (χ0n) is 8.93. The van der Waals surface area contributed by atoms with Crippen molar-refractivity contribution in [2.24, 2.45) is 5.92 Å². The van der Waals surface area contributed by atoms with Crippen molar-refractivity contribution in [1.29, 1.82) is 0 Å². The highest BCUT2D eigenvalue weighted by atomic mass is 14.9. The molecule has 2 N–H and O–H groups in total. The minimum Gasteiger partial charge on any atom is -0.388 e. The molecule has 1 heterocycles. The minimum atomic E-state index is 0.849. The lowest BCUT2D eigenvalue weighted by Crippen LogP contribution is -2.43. The van der Waals surface area contributed by atoms with Gasteiger partial charge in [-0.1, -0.05) is 12.1 Å². The smallest absolute Gasteiger partial charge is 0.0370 e. The summed E-state index contributed by atoms with van der Waals surface area (Å²) in [7, 11) is 1.98. The molecule has 1 saturated heterocycles. The van der Waals surface area contributed by atoms with E-state index < -0.39 is 0 Å². The van der Waals surface area contributed by atoms with Crippen LogP contribution in [-0.2, 0) is 6.42 Å². The summed E-state index contributed by atoms with van der Waals surface area (Å²) in [5, 5.41) is 6.54. The molecule has 1 aromatic rings. The van der Waals surface area contributed by atoms with Crippen LogP contribution in [0.3, 0.4) is 0 Å². The molecular weight excluding hydrogens is 172 g/mol. The lowest BCUT2D eigenvalue weighted by molar-refractivity contribution is 0.346. The number of hydrogen-bond donors (Lipinski definition) is 2. The van der Waals surface area contributed by atoms with Gasteiger partial charge in [-0.05, 0) is 49.5 Å². The molecule has 1 aliphatic heterocycles. The Hall–Kier alpha value is -1.02. The highest BCUT2D eigenvalue weighted by Gasteiger charge is 2.16. The summed E-state index contributed by atoms with van der Waals surface area (Å²) in [6.07, 6.45) is 1.21. The van der Waals surface area contributed by atoms with E-state index >= 15 is 0 Å². The largest absolute Gasteiger partial charge is 0.388 e. The fraction of sp³-hybridized carbons (Fsp3) is 0.500. The topological polar surface area (TPSA) is 24.1 Å². The summed E-state index contributed by atoms with van der Waals surface area (Å²) in [6.45, 7) is 4.51. The third-order valence-electron chi connectivity index (χ3n) is 2.96. The molecule has 2 heteroatoms. The molecule has 1 aliphatic rings. The number of aryl methyl sites for hydroxylation is 1. The number of nitrogens with one attached hydrogen (secondary N) is 2. The van der Waals surface area contributed by atoms with E-state index in [-0.39, 0.29) is 0 Å². The minimum absolute atomic E-state index is 0.849. The van der Waals surface area contributed by atoms with Crippen molar-refractivity contribution in [2.75, 3.05) is 25.5 Å². The van der Waals surface area contributed by atoms with E-state index in [0.717, 1.165) is 5.92 Å². The Morgan fingerprint density at radius 2 is 2.21 bits per heavy atom. The van der Waals surface area contributed by atoms with Gasteiger partial charge in [-0.2, -0.15) is 0 Å². The van der Waals surface area contributed by atoms with Crippen LogP contribution in [0, 0.1) is 12.8 Å². The molecule has 0 bridgehead atoms. The molecule has 0 spiro atoms. The molecule has 0 atom stereocenters. The Morgan fingerprint density at radius 3 is 2.79 bits per heavy atom. The first-order valence-electron chi connectivity index (χ1n) is 5.27. The summed E-state index contributed by atoms with van der Waals surface area (Å²) in [4.78, 5) is 0. The summed E-state index contributed by atoms with van der Waals surface area (Å²) >= 11 is 0. The van der Waals surface area contributed by atoms with E-state index in [1.807, 2.05) is 7.05 Å². The van der Waals surface area contributed by atoms with Gasteiger partial charge in [0.15, 0.2) is 0 Å². The van der Waals surface area contributed by atoms with Crippen LogP contribution in [0.4, 0.5) is 5.69 Å². The van der Waals surface area contributed by atoms with Crippen molar-refractivity contribution in [3.63, 3.8) is 0 Å². The van der Waals surface area contributed by atoms with Crippen molar-refractivity contribution >= 4 is 5.69 Å². The van der Waals surface area contributed by atoms with Crippen LogP contribution in [0.25, 0.3) is 0 Å². The summed E-state index contributed by atoms with van der Waals surface area (Å²) in [5.74, 6) is 0.849. The molecule has 76 valence electrons. The Bertz CT molecular complexity index is 316. The van der Waals surface area contributed by atoms with Gasteiger partial charge in [0, 0.05) is 12.7 Å². The van der Waals surface area contributed by atoms with Gasteiger partial charge in [0.2, 0.25) is 0 Å². The Labute approximate surface area is 85.7 Å². The number of anilines is 1. The van der Waals surface area contributed by atoms with E-state index in [0.29, 0.717) is 0 Å². The highest BCUT2D eigenvalue weighted by molar-refractivity contribution is 5.52. The monoisotopic (exact) mass is 190 g/mol. The SMILES string of the molecule is CNc1cc(CC2CNC2)ccc1C. The quantitative estimate of drug-likeness (QED) is 0.759. The molecule has 0 radical (unpaired) electrons. The number of rotatable bonds is 3. The fourth-order valence-corrected chi connectivity index (χ4v) is 1.89. The lowest BCUT2D eigenvalue weighted by Gasteiger charge is -2.27. The van der Waals surface area contributed by atoms with Crippen molar-refractivity contribution < 1.29 is 0 Å². The van der Waals surface area contributed by atoms with E-state index in [1.165, 1.54) is 36.3 Å². The number of hydrogen-bond acceptors (Lipinski definition) is 2. The molecule has 2 rings (SSSR count). The van der Waals surface area contributed by atoms with Gasteiger partial charge in [-0.25, -0.2) is 0 Å². The zero-order valence-corrected chi connectivity index (χ0v) is 8.93.